The molecule has 1 aliphatic rings. The van der Waals surface area contributed by atoms with Gasteiger partial charge in [0.15, 0.2) is 0 Å². The third-order valence-corrected chi connectivity index (χ3v) is 8.67. The lowest BCUT2D eigenvalue weighted by molar-refractivity contribution is 0.552. The minimum Gasteiger partial charge on any atom is -0.261 e. The van der Waals surface area contributed by atoms with Crippen molar-refractivity contribution in [2.24, 2.45) is 5.92 Å². The SMILES string of the molecule is C=C/C=C\C=C/CCCSCC1CCC(CSCCc2ccccn2)SC1. The highest BCUT2D eigenvalue weighted by atomic mass is 32.2. The van der Waals surface area contributed by atoms with Gasteiger partial charge in [-0.3, -0.25) is 4.98 Å². The van der Waals surface area contributed by atoms with Crippen LogP contribution in [-0.4, -0.2) is 39.0 Å². The summed E-state index contributed by atoms with van der Waals surface area (Å²) in [5.41, 5.74) is 1.22. The molecule has 0 N–H and O–H groups in total. The molecule has 0 spiro atoms. The molecule has 2 rings (SSSR count). The first-order chi connectivity index (χ1) is 13.4. The molecule has 2 atom stereocenters. The van der Waals surface area contributed by atoms with Gasteiger partial charge in [0.05, 0.1) is 0 Å². The number of thioether (sulfide) groups is 3. The Bertz CT molecular complexity index is 548. The lowest BCUT2D eigenvalue weighted by Crippen LogP contribution is -2.21. The summed E-state index contributed by atoms with van der Waals surface area (Å²) in [4.78, 5) is 4.41. The van der Waals surface area contributed by atoms with Gasteiger partial charge in [-0.1, -0.05) is 43.0 Å². The van der Waals surface area contributed by atoms with Crippen LogP contribution >= 0.6 is 35.3 Å². The molecule has 1 saturated heterocycles. The van der Waals surface area contributed by atoms with Gasteiger partial charge >= 0.3 is 0 Å². The van der Waals surface area contributed by atoms with Gasteiger partial charge in [-0.25, -0.2) is 0 Å². The van der Waals surface area contributed by atoms with Gasteiger partial charge in [0, 0.05) is 22.9 Å². The van der Waals surface area contributed by atoms with Crippen molar-refractivity contribution >= 4 is 35.3 Å². The fourth-order valence-electron chi connectivity index (χ4n) is 2.93. The lowest BCUT2D eigenvalue weighted by atomic mass is 10.1. The maximum Gasteiger partial charge on any atom is 0.0411 e. The van der Waals surface area contributed by atoms with Gasteiger partial charge < -0.3 is 0 Å². The maximum absolute atomic E-state index is 4.41. The highest BCUT2D eigenvalue weighted by Crippen LogP contribution is 2.33. The van der Waals surface area contributed by atoms with Crippen molar-refractivity contribution in [2.75, 3.05) is 28.8 Å². The van der Waals surface area contributed by atoms with Gasteiger partial charge in [0.2, 0.25) is 0 Å². The largest absolute Gasteiger partial charge is 0.261 e. The summed E-state index contributed by atoms with van der Waals surface area (Å²) in [7, 11) is 0. The van der Waals surface area contributed by atoms with Crippen LogP contribution in [-0.2, 0) is 6.42 Å². The van der Waals surface area contributed by atoms with Crippen molar-refractivity contribution in [3.8, 4) is 0 Å². The molecule has 1 aromatic heterocycles. The van der Waals surface area contributed by atoms with Crippen molar-refractivity contribution in [2.45, 2.75) is 37.4 Å². The molecule has 1 fully saturated rings. The number of aryl methyl sites for hydroxylation is 1. The summed E-state index contributed by atoms with van der Waals surface area (Å²) in [5, 5.41) is 0.869. The van der Waals surface area contributed by atoms with Gasteiger partial charge in [-0.2, -0.15) is 35.3 Å². The van der Waals surface area contributed by atoms with Crippen LogP contribution in [0.25, 0.3) is 0 Å². The minimum atomic E-state index is 0.869. The Morgan fingerprint density at radius 2 is 2.04 bits per heavy atom. The normalized spacial score (nSPS) is 20.4. The predicted octanol–water partition coefficient (Wildman–Crippen LogP) is 6.68. The highest BCUT2D eigenvalue weighted by molar-refractivity contribution is 8.03. The Morgan fingerprint density at radius 3 is 2.81 bits per heavy atom. The molecular weight excluding hydrogens is 386 g/mol. The molecule has 1 aromatic rings. The van der Waals surface area contributed by atoms with E-state index in [0.29, 0.717) is 0 Å². The topological polar surface area (TPSA) is 12.9 Å². The molecule has 4 heteroatoms. The molecule has 0 amide bonds. The van der Waals surface area contributed by atoms with E-state index < -0.39 is 0 Å². The monoisotopic (exact) mass is 419 g/mol. The summed E-state index contributed by atoms with van der Waals surface area (Å²) >= 11 is 6.48. The molecule has 1 aliphatic heterocycles. The fourth-order valence-corrected chi connectivity index (χ4v) is 6.99. The molecule has 0 aromatic carbocycles. The van der Waals surface area contributed by atoms with Gasteiger partial charge in [-0.15, -0.1) is 0 Å². The van der Waals surface area contributed by atoms with Crippen LogP contribution in [0.5, 0.6) is 0 Å². The van der Waals surface area contributed by atoms with Crippen LogP contribution in [0.3, 0.4) is 0 Å². The Labute approximate surface area is 179 Å². The van der Waals surface area contributed by atoms with Crippen LogP contribution in [0.2, 0.25) is 0 Å². The molecule has 27 heavy (non-hydrogen) atoms. The van der Waals surface area contributed by atoms with E-state index in [9.17, 15) is 0 Å². The lowest BCUT2D eigenvalue weighted by Gasteiger charge is -2.27. The van der Waals surface area contributed by atoms with Crippen LogP contribution in [0, 0.1) is 5.92 Å². The van der Waals surface area contributed by atoms with E-state index in [1.54, 1.807) is 0 Å². The Balaban J connectivity index is 1.43. The zero-order chi connectivity index (χ0) is 19.0. The van der Waals surface area contributed by atoms with E-state index in [-0.39, 0.29) is 0 Å². The Kier molecular flexibility index (Phi) is 12.9. The summed E-state index contributed by atoms with van der Waals surface area (Å²) < 4.78 is 0. The first-order valence-electron chi connectivity index (χ1n) is 9.99. The smallest absolute Gasteiger partial charge is 0.0411 e. The third-order valence-electron chi connectivity index (χ3n) is 4.50. The molecule has 0 saturated carbocycles. The van der Waals surface area contributed by atoms with Gasteiger partial charge in [0.25, 0.3) is 0 Å². The fraction of sp³-hybridized carbons (Fsp3) is 0.522. The number of hydrogen-bond donors (Lipinski definition) is 0. The standard InChI is InChI=1S/C23H33NS3/c1-2-3-4-5-6-7-10-16-25-18-21-12-13-23(27-19-21)20-26-17-14-22-11-8-9-15-24-22/h2-6,8-9,11,15,21,23H,1,7,10,12-14,16-20H2/b4-3-,6-5-. The van der Waals surface area contributed by atoms with E-state index in [1.165, 1.54) is 60.1 Å². The molecule has 0 aliphatic carbocycles. The molecular formula is C23H33NS3. The van der Waals surface area contributed by atoms with Crippen LogP contribution in [0.1, 0.15) is 31.4 Å². The Hall–Kier alpha value is -0.580. The van der Waals surface area contributed by atoms with Crippen LogP contribution < -0.4 is 0 Å². The molecule has 2 unspecified atom stereocenters. The number of pyridine rings is 1. The first kappa shape index (κ1) is 22.7. The predicted molar refractivity (Wildman–Crippen MR) is 129 cm³/mol. The van der Waals surface area contributed by atoms with Crippen molar-refractivity contribution < 1.29 is 0 Å². The van der Waals surface area contributed by atoms with E-state index in [0.717, 1.165) is 17.6 Å². The van der Waals surface area contributed by atoms with Crippen molar-refractivity contribution in [1.82, 2.24) is 4.98 Å². The number of aromatic nitrogens is 1. The summed E-state index contributed by atoms with van der Waals surface area (Å²) in [6, 6.07) is 6.21. The maximum atomic E-state index is 4.41. The first-order valence-corrected chi connectivity index (χ1v) is 13.4. The molecule has 0 radical (unpaired) electrons. The second-order valence-corrected chi connectivity index (χ2v) is 10.4. The minimum absolute atomic E-state index is 0.869. The van der Waals surface area contributed by atoms with E-state index in [1.807, 2.05) is 30.5 Å². The third kappa shape index (κ3) is 11.1. The van der Waals surface area contributed by atoms with Crippen molar-refractivity contribution in [3.05, 3.63) is 67.0 Å². The summed E-state index contributed by atoms with van der Waals surface area (Å²) in [6.45, 7) is 3.67. The Morgan fingerprint density at radius 1 is 1.11 bits per heavy atom. The second kappa shape index (κ2) is 15.4. The molecule has 0 bridgehead atoms. The van der Waals surface area contributed by atoms with Gasteiger partial charge in [-0.05, 0) is 73.2 Å². The number of nitrogens with zero attached hydrogens (tertiary/aromatic N) is 1. The van der Waals surface area contributed by atoms with E-state index in [2.05, 4.69) is 71.1 Å². The van der Waals surface area contributed by atoms with Crippen LogP contribution in [0.15, 0.2) is 61.4 Å². The average Bonchev–Trinajstić information content (AvgIpc) is 2.72. The number of allylic oxidation sites excluding steroid dienone is 5. The molecule has 1 nitrogen and oxygen atoms in total. The highest BCUT2D eigenvalue weighted by Gasteiger charge is 2.21. The zero-order valence-electron chi connectivity index (χ0n) is 16.3. The number of unbranched alkanes of at least 4 members (excludes halogenated alkanes) is 1. The average molecular weight is 420 g/mol. The van der Waals surface area contributed by atoms with Crippen molar-refractivity contribution in [1.29, 1.82) is 0 Å². The summed E-state index contributed by atoms with van der Waals surface area (Å²) in [5.74, 6) is 7.46. The quantitative estimate of drug-likeness (QED) is 0.261. The molecule has 2 heterocycles. The summed E-state index contributed by atoms with van der Waals surface area (Å²) in [6.07, 6.45) is 18.5. The zero-order valence-corrected chi connectivity index (χ0v) is 18.8. The number of rotatable bonds is 13. The van der Waals surface area contributed by atoms with E-state index >= 15 is 0 Å². The van der Waals surface area contributed by atoms with E-state index in [4.69, 9.17) is 0 Å². The molecule has 148 valence electrons. The number of hydrogen-bond acceptors (Lipinski definition) is 4. The second-order valence-electron chi connectivity index (χ2n) is 6.81. The van der Waals surface area contributed by atoms with Gasteiger partial charge in [0.1, 0.15) is 0 Å². The van der Waals surface area contributed by atoms with Crippen LogP contribution in [0.4, 0.5) is 0 Å². The van der Waals surface area contributed by atoms with Crippen molar-refractivity contribution in [3.63, 3.8) is 0 Å².